The maximum atomic E-state index is 12.5. The van der Waals surface area contributed by atoms with Crippen molar-refractivity contribution in [3.05, 3.63) is 29.8 Å². The van der Waals surface area contributed by atoms with Crippen LogP contribution >= 0.6 is 12.4 Å². The van der Waals surface area contributed by atoms with Gasteiger partial charge in [0.15, 0.2) is 0 Å². The van der Waals surface area contributed by atoms with Crippen molar-refractivity contribution >= 4 is 18.3 Å². The Morgan fingerprint density at radius 3 is 2.54 bits per heavy atom. The van der Waals surface area contributed by atoms with Crippen LogP contribution in [0.4, 0.5) is 0 Å². The maximum absolute atomic E-state index is 12.5. The monoisotopic (exact) mass is 352 g/mol. The molecular formula is C19H29ClN2O2. The van der Waals surface area contributed by atoms with Gasteiger partial charge in [0.2, 0.25) is 0 Å². The molecule has 0 saturated carbocycles. The molecule has 2 heterocycles. The third-order valence-electron chi connectivity index (χ3n) is 5.06. The average molecular weight is 353 g/mol. The van der Waals surface area contributed by atoms with Crippen LogP contribution in [0.15, 0.2) is 24.3 Å². The molecular weight excluding hydrogens is 324 g/mol. The van der Waals surface area contributed by atoms with Crippen LogP contribution in [-0.2, 0) is 0 Å². The zero-order valence-corrected chi connectivity index (χ0v) is 15.3. The van der Waals surface area contributed by atoms with Gasteiger partial charge in [-0.15, -0.1) is 12.4 Å². The van der Waals surface area contributed by atoms with E-state index in [9.17, 15) is 4.79 Å². The Kier molecular flexibility index (Phi) is 7.38. The molecule has 1 N–H and O–H groups in total. The zero-order chi connectivity index (χ0) is 16.1. The van der Waals surface area contributed by atoms with E-state index in [1.54, 1.807) is 0 Å². The zero-order valence-electron chi connectivity index (χ0n) is 14.5. The Balaban J connectivity index is 0.00000208. The second-order valence-electron chi connectivity index (χ2n) is 7.02. The molecule has 3 rings (SSSR count). The number of amides is 1. The van der Waals surface area contributed by atoms with Crippen LogP contribution in [-0.4, -0.2) is 43.6 Å². The Labute approximate surface area is 151 Å². The van der Waals surface area contributed by atoms with Gasteiger partial charge in [0.1, 0.15) is 5.75 Å². The minimum Gasteiger partial charge on any atom is -0.493 e. The third kappa shape index (κ3) is 5.12. The topological polar surface area (TPSA) is 41.6 Å². The summed E-state index contributed by atoms with van der Waals surface area (Å²) in [6.45, 7) is 6.95. The summed E-state index contributed by atoms with van der Waals surface area (Å²) in [6.07, 6.45) is 4.69. The fourth-order valence-electron chi connectivity index (χ4n) is 3.37. The fraction of sp³-hybridized carbons (Fsp3) is 0.632. The lowest BCUT2D eigenvalue weighted by molar-refractivity contribution is 0.0697. The molecule has 4 nitrogen and oxygen atoms in total. The van der Waals surface area contributed by atoms with Crippen LogP contribution in [0, 0.1) is 11.8 Å². The SMILES string of the molecule is CC1CCN(C(=O)c2ccc(OCC3CCCNC3)cc2)CC1.Cl. The molecule has 1 aromatic carbocycles. The van der Waals surface area contributed by atoms with E-state index in [4.69, 9.17) is 4.74 Å². The van der Waals surface area contributed by atoms with E-state index in [1.807, 2.05) is 29.2 Å². The number of carbonyl (C=O) groups excluding carboxylic acids is 1. The second-order valence-corrected chi connectivity index (χ2v) is 7.02. The van der Waals surface area contributed by atoms with Crippen molar-refractivity contribution in [1.82, 2.24) is 10.2 Å². The van der Waals surface area contributed by atoms with Crippen LogP contribution in [0.2, 0.25) is 0 Å². The van der Waals surface area contributed by atoms with Gasteiger partial charge in [0.25, 0.3) is 5.91 Å². The first-order valence-electron chi connectivity index (χ1n) is 8.95. The number of nitrogens with one attached hydrogen (secondary N) is 1. The number of carbonyl (C=O) groups is 1. The van der Waals surface area contributed by atoms with Crippen LogP contribution in [0.1, 0.15) is 43.0 Å². The van der Waals surface area contributed by atoms with Crippen molar-refractivity contribution < 1.29 is 9.53 Å². The summed E-state index contributed by atoms with van der Waals surface area (Å²) in [5.41, 5.74) is 0.770. The molecule has 0 aliphatic carbocycles. The molecule has 24 heavy (non-hydrogen) atoms. The highest BCUT2D eigenvalue weighted by atomic mass is 35.5. The largest absolute Gasteiger partial charge is 0.493 e. The standard InChI is InChI=1S/C19H28N2O2.ClH/c1-15-8-11-21(12-9-15)19(22)17-4-6-18(7-5-17)23-14-16-3-2-10-20-13-16;/h4-7,15-16,20H,2-3,8-14H2,1H3;1H. The van der Waals surface area contributed by atoms with Crippen LogP contribution in [0.5, 0.6) is 5.75 Å². The second kappa shape index (κ2) is 9.28. The van der Waals surface area contributed by atoms with E-state index in [0.717, 1.165) is 62.9 Å². The Morgan fingerprint density at radius 1 is 1.21 bits per heavy atom. The lowest BCUT2D eigenvalue weighted by Crippen LogP contribution is -2.37. The predicted molar refractivity (Wildman–Crippen MR) is 99.1 cm³/mol. The summed E-state index contributed by atoms with van der Waals surface area (Å²) in [4.78, 5) is 14.5. The van der Waals surface area contributed by atoms with Gasteiger partial charge in [-0.1, -0.05) is 6.92 Å². The third-order valence-corrected chi connectivity index (χ3v) is 5.06. The summed E-state index contributed by atoms with van der Waals surface area (Å²) >= 11 is 0. The number of hydrogen-bond acceptors (Lipinski definition) is 3. The van der Waals surface area contributed by atoms with Crippen molar-refractivity contribution in [2.45, 2.75) is 32.6 Å². The molecule has 2 fully saturated rings. The molecule has 1 atom stereocenters. The van der Waals surface area contributed by atoms with Gasteiger partial charge in [-0.2, -0.15) is 0 Å². The molecule has 0 bridgehead atoms. The number of ether oxygens (including phenoxy) is 1. The van der Waals surface area contributed by atoms with Gasteiger partial charge in [0, 0.05) is 31.1 Å². The van der Waals surface area contributed by atoms with Crippen molar-refractivity contribution in [3.63, 3.8) is 0 Å². The summed E-state index contributed by atoms with van der Waals surface area (Å²) in [5.74, 6) is 2.35. The van der Waals surface area contributed by atoms with Gasteiger partial charge < -0.3 is 15.0 Å². The number of halogens is 1. The quantitative estimate of drug-likeness (QED) is 0.903. The van der Waals surface area contributed by atoms with Gasteiger partial charge in [-0.05, 0) is 62.4 Å². The van der Waals surface area contributed by atoms with Gasteiger partial charge >= 0.3 is 0 Å². The maximum Gasteiger partial charge on any atom is 0.253 e. The lowest BCUT2D eigenvalue weighted by atomic mass is 9.98. The van der Waals surface area contributed by atoms with Crippen molar-refractivity contribution in [2.24, 2.45) is 11.8 Å². The normalized spacial score (nSPS) is 21.9. The highest BCUT2D eigenvalue weighted by molar-refractivity contribution is 5.94. The molecule has 1 amide bonds. The van der Waals surface area contributed by atoms with Gasteiger partial charge in [-0.3, -0.25) is 4.79 Å². The number of hydrogen-bond donors (Lipinski definition) is 1. The molecule has 0 aromatic heterocycles. The molecule has 1 aromatic rings. The number of rotatable bonds is 4. The lowest BCUT2D eigenvalue weighted by Gasteiger charge is -2.30. The molecule has 2 aliphatic heterocycles. The van der Waals surface area contributed by atoms with Crippen LogP contribution in [0.3, 0.4) is 0 Å². The summed E-state index contributed by atoms with van der Waals surface area (Å²) in [6, 6.07) is 7.65. The minimum absolute atomic E-state index is 0. The molecule has 2 aliphatic rings. The molecule has 134 valence electrons. The Morgan fingerprint density at radius 2 is 1.92 bits per heavy atom. The number of nitrogens with zero attached hydrogens (tertiary/aromatic N) is 1. The highest BCUT2D eigenvalue weighted by Crippen LogP contribution is 2.20. The smallest absolute Gasteiger partial charge is 0.253 e. The molecule has 0 radical (unpaired) electrons. The molecule has 2 saturated heterocycles. The Bertz CT molecular complexity index is 507. The molecule has 0 spiro atoms. The van der Waals surface area contributed by atoms with Gasteiger partial charge in [-0.25, -0.2) is 0 Å². The number of likely N-dealkylation sites (tertiary alicyclic amines) is 1. The summed E-state index contributed by atoms with van der Waals surface area (Å²) in [5, 5.41) is 3.40. The predicted octanol–water partition coefficient (Wildman–Crippen LogP) is 3.36. The minimum atomic E-state index is 0. The first-order valence-corrected chi connectivity index (χ1v) is 8.95. The van der Waals surface area contributed by atoms with E-state index in [2.05, 4.69) is 12.2 Å². The average Bonchev–Trinajstić information content (AvgIpc) is 2.61. The van der Waals surface area contributed by atoms with E-state index in [0.29, 0.717) is 5.92 Å². The van der Waals surface area contributed by atoms with E-state index in [1.165, 1.54) is 12.8 Å². The van der Waals surface area contributed by atoms with Crippen molar-refractivity contribution in [1.29, 1.82) is 0 Å². The molecule has 1 unspecified atom stereocenters. The van der Waals surface area contributed by atoms with E-state index < -0.39 is 0 Å². The first kappa shape index (κ1) is 19.1. The first-order chi connectivity index (χ1) is 11.2. The number of piperidine rings is 2. The van der Waals surface area contributed by atoms with Crippen molar-refractivity contribution in [2.75, 3.05) is 32.8 Å². The fourth-order valence-corrected chi connectivity index (χ4v) is 3.37. The van der Waals surface area contributed by atoms with Crippen molar-refractivity contribution in [3.8, 4) is 5.75 Å². The Hall–Kier alpha value is -1.26. The molecule has 5 heteroatoms. The van der Waals surface area contributed by atoms with Gasteiger partial charge in [0.05, 0.1) is 6.61 Å². The summed E-state index contributed by atoms with van der Waals surface area (Å²) in [7, 11) is 0. The highest BCUT2D eigenvalue weighted by Gasteiger charge is 2.21. The van der Waals surface area contributed by atoms with Crippen LogP contribution < -0.4 is 10.1 Å². The number of benzene rings is 1. The van der Waals surface area contributed by atoms with Crippen LogP contribution in [0.25, 0.3) is 0 Å². The summed E-state index contributed by atoms with van der Waals surface area (Å²) < 4.78 is 5.87. The van der Waals surface area contributed by atoms with E-state index in [-0.39, 0.29) is 18.3 Å². The van der Waals surface area contributed by atoms with E-state index >= 15 is 0 Å².